The summed E-state index contributed by atoms with van der Waals surface area (Å²) in [5.74, 6) is 0. The number of rotatable bonds is 1. The second-order valence-electron chi connectivity index (χ2n) is 6.74. The SMILES string of the molecule is CC(C)(C)OC(=O)N1CCC(N2CCCCC2=S)CC1. The Balaban J connectivity index is 1.83. The van der Waals surface area contributed by atoms with Crippen LogP contribution in [0.4, 0.5) is 4.79 Å². The summed E-state index contributed by atoms with van der Waals surface area (Å²) >= 11 is 5.48. The molecule has 4 nitrogen and oxygen atoms in total. The normalized spacial score (nSPS) is 22.1. The highest BCUT2D eigenvalue weighted by atomic mass is 32.1. The summed E-state index contributed by atoms with van der Waals surface area (Å²) in [5.41, 5.74) is -0.414. The zero-order valence-corrected chi connectivity index (χ0v) is 13.7. The fourth-order valence-corrected chi connectivity index (χ4v) is 3.28. The Morgan fingerprint density at radius 3 is 2.40 bits per heavy atom. The third-order valence-corrected chi connectivity index (χ3v) is 4.36. The van der Waals surface area contributed by atoms with E-state index in [4.69, 9.17) is 17.0 Å². The fourth-order valence-electron chi connectivity index (χ4n) is 2.90. The van der Waals surface area contributed by atoms with Gasteiger partial charge in [-0.15, -0.1) is 0 Å². The largest absolute Gasteiger partial charge is 0.444 e. The van der Waals surface area contributed by atoms with Crippen LogP contribution in [0.2, 0.25) is 0 Å². The van der Waals surface area contributed by atoms with Gasteiger partial charge in [0, 0.05) is 25.7 Å². The lowest BCUT2D eigenvalue weighted by Gasteiger charge is -2.41. The van der Waals surface area contributed by atoms with Crippen molar-refractivity contribution in [1.82, 2.24) is 9.80 Å². The molecule has 0 bridgehead atoms. The molecule has 2 heterocycles. The Labute approximate surface area is 127 Å². The van der Waals surface area contributed by atoms with Gasteiger partial charge in [0.2, 0.25) is 0 Å². The maximum Gasteiger partial charge on any atom is 0.410 e. The minimum Gasteiger partial charge on any atom is -0.444 e. The Bertz CT molecular complexity index is 371. The zero-order chi connectivity index (χ0) is 14.8. The van der Waals surface area contributed by atoms with Crippen LogP contribution in [0.25, 0.3) is 0 Å². The summed E-state index contributed by atoms with van der Waals surface area (Å²) in [6, 6.07) is 0.515. The molecular formula is C15H26N2O2S. The second-order valence-corrected chi connectivity index (χ2v) is 7.21. The molecule has 0 aliphatic carbocycles. The van der Waals surface area contributed by atoms with E-state index >= 15 is 0 Å². The quantitative estimate of drug-likeness (QED) is 0.696. The number of nitrogens with zero attached hydrogens (tertiary/aromatic N) is 2. The van der Waals surface area contributed by atoms with Crippen molar-refractivity contribution in [2.24, 2.45) is 0 Å². The summed E-state index contributed by atoms with van der Waals surface area (Å²) in [7, 11) is 0. The first-order chi connectivity index (χ1) is 9.37. The van der Waals surface area contributed by atoms with Gasteiger partial charge in [0.15, 0.2) is 0 Å². The molecule has 2 saturated heterocycles. The third-order valence-electron chi connectivity index (χ3n) is 3.92. The van der Waals surface area contributed by atoms with Gasteiger partial charge in [-0.2, -0.15) is 0 Å². The third kappa shape index (κ3) is 4.08. The molecule has 5 heteroatoms. The molecule has 0 aromatic carbocycles. The first-order valence-corrected chi connectivity index (χ1v) is 8.05. The lowest BCUT2D eigenvalue weighted by Crippen LogP contribution is -2.50. The van der Waals surface area contributed by atoms with E-state index in [0.717, 1.165) is 43.9 Å². The van der Waals surface area contributed by atoms with Crippen molar-refractivity contribution in [3.63, 3.8) is 0 Å². The van der Waals surface area contributed by atoms with Crippen LogP contribution >= 0.6 is 12.2 Å². The van der Waals surface area contributed by atoms with E-state index in [1.54, 1.807) is 0 Å². The van der Waals surface area contributed by atoms with Gasteiger partial charge in [-0.25, -0.2) is 4.79 Å². The summed E-state index contributed by atoms with van der Waals surface area (Å²) < 4.78 is 5.43. The molecular weight excluding hydrogens is 272 g/mol. The van der Waals surface area contributed by atoms with Crippen LogP contribution in [-0.4, -0.2) is 52.2 Å². The number of amides is 1. The molecule has 0 saturated carbocycles. The van der Waals surface area contributed by atoms with Gasteiger partial charge >= 0.3 is 6.09 Å². The molecule has 2 rings (SSSR count). The lowest BCUT2D eigenvalue weighted by molar-refractivity contribution is 0.0171. The van der Waals surface area contributed by atoms with Crippen LogP contribution in [0.3, 0.4) is 0 Å². The van der Waals surface area contributed by atoms with Gasteiger partial charge in [0.25, 0.3) is 0 Å². The highest BCUT2D eigenvalue weighted by molar-refractivity contribution is 7.80. The molecule has 0 spiro atoms. The van der Waals surface area contributed by atoms with Crippen molar-refractivity contribution in [2.75, 3.05) is 19.6 Å². The van der Waals surface area contributed by atoms with Crippen molar-refractivity contribution in [1.29, 1.82) is 0 Å². The van der Waals surface area contributed by atoms with Crippen LogP contribution in [0, 0.1) is 0 Å². The van der Waals surface area contributed by atoms with E-state index in [1.165, 1.54) is 12.8 Å². The topological polar surface area (TPSA) is 32.8 Å². The Kier molecular flexibility index (Phi) is 4.89. The Morgan fingerprint density at radius 1 is 1.20 bits per heavy atom. The highest BCUT2D eigenvalue weighted by Crippen LogP contribution is 2.23. The predicted molar refractivity (Wildman–Crippen MR) is 84.0 cm³/mol. The van der Waals surface area contributed by atoms with E-state index in [0.29, 0.717) is 6.04 Å². The molecule has 1 amide bonds. The van der Waals surface area contributed by atoms with Gasteiger partial charge in [0.05, 0.1) is 4.99 Å². The van der Waals surface area contributed by atoms with E-state index < -0.39 is 5.60 Å². The molecule has 0 N–H and O–H groups in total. The number of hydrogen-bond acceptors (Lipinski definition) is 3. The monoisotopic (exact) mass is 298 g/mol. The molecule has 114 valence electrons. The molecule has 0 atom stereocenters. The Morgan fingerprint density at radius 2 is 1.85 bits per heavy atom. The molecule has 0 unspecified atom stereocenters. The number of ether oxygens (including phenoxy) is 1. The van der Waals surface area contributed by atoms with Crippen molar-refractivity contribution in [3.05, 3.63) is 0 Å². The van der Waals surface area contributed by atoms with E-state index in [9.17, 15) is 4.79 Å². The first kappa shape index (κ1) is 15.5. The average molecular weight is 298 g/mol. The van der Waals surface area contributed by atoms with Gasteiger partial charge in [-0.3, -0.25) is 0 Å². The molecule has 2 fully saturated rings. The molecule has 2 aliphatic rings. The molecule has 0 radical (unpaired) electrons. The molecule has 2 aliphatic heterocycles. The highest BCUT2D eigenvalue weighted by Gasteiger charge is 2.30. The summed E-state index contributed by atoms with van der Waals surface area (Å²) in [6.45, 7) is 8.37. The minimum atomic E-state index is -0.414. The van der Waals surface area contributed by atoms with Crippen LogP contribution in [0.15, 0.2) is 0 Å². The number of carbonyl (C=O) groups excluding carboxylic acids is 1. The van der Waals surface area contributed by atoms with Crippen LogP contribution < -0.4 is 0 Å². The Hall–Kier alpha value is -0.840. The van der Waals surface area contributed by atoms with Crippen molar-refractivity contribution >= 4 is 23.3 Å². The first-order valence-electron chi connectivity index (χ1n) is 7.64. The maximum absolute atomic E-state index is 12.0. The second kappa shape index (κ2) is 6.29. The van der Waals surface area contributed by atoms with Gasteiger partial charge in [-0.05, 0) is 52.9 Å². The van der Waals surface area contributed by atoms with Crippen LogP contribution in [0.5, 0.6) is 0 Å². The average Bonchev–Trinajstić information content (AvgIpc) is 2.37. The van der Waals surface area contributed by atoms with Crippen molar-refractivity contribution in [3.8, 4) is 0 Å². The fraction of sp³-hybridized carbons (Fsp3) is 0.867. The van der Waals surface area contributed by atoms with Crippen molar-refractivity contribution < 1.29 is 9.53 Å². The number of piperidine rings is 2. The van der Waals surface area contributed by atoms with E-state index in [2.05, 4.69) is 4.90 Å². The number of likely N-dealkylation sites (tertiary alicyclic amines) is 2. The smallest absolute Gasteiger partial charge is 0.410 e. The van der Waals surface area contributed by atoms with Gasteiger partial charge in [0.1, 0.15) is 5.60 Å². The number of hydrogen-bond donors (Lipinski definition) is 0. The van der Waals surface area contributed by atoms with Crippen LogP contribution in [0.1, 0.15) is 52.9 Å². The van der Waals surface area contributed by atoms with Crippen LogP contribution in [-0.2, 0) is 4.74 Å². The standard InChI is InChI=1S/C15H26N2O2S/c1-15(2,3)19-14(18)16-10-7-12(8-11-16)17-9-5-4-6-13(17)20/h12H,4-11H2,1-3H3. The molecule has 0 aromatic rings. The molecule has 20 heavy (non-hydrogen) atoms. The number of carbonyl (C=O) groups is 1. The maximum atomic E-state index is 12.0. The predicted octanol–water partition coefficient (Wildman–Crippen LogP) is 3.20. The van der Waals surface area contributed by atoms with Gasteiger partial charge < -0.3 is 14.5 Å². The van der Waals surface area contributed by atoms with Crippen molar-refractivity contribution in [2.45, 2.75) is 64.5 Å². The lowest BCUT2D eigenvalue weighted by atomic mass is 10.00. The molecule has 0 aromatic heterocycles. The minimum absolute atomic E-state index is 0.183. The zero-order valence-electron chi connectivity index (χ0n) is 12.9. The van der Waals surface area contributed by atoms with Gasteiger partial charge in [-0.1, -0.05) is 12.2 Å². The van der Waals surface area contributed by atoms with E-state index in [1.807, 2.05) is 25.7 Å². The summed E-state index contributed by atoms with van der Waals surface area (Å²) in [6.07, 6.45) is 5.34. The van der Waals surface area contributed by atoms with E-state index in [-0.39, 0.29) is 6.09 Å². The number of thiocarbonyl (C=S) groups is 1. The summed E-state index contributed by atoms with van der Waals surface area (Å²) in [5, 5.41) is 0. The summed E-state index contributed by atoms with van der Waals surface area (Å²) in [4.78, 5) is 17.4.